The van der Waals surface area contributed by atoms with Crippen LogP contribution in [0.3, 0.4) is 0 Å². The molecule has 0 aliphatic carbocycles. The number of anilines is 2. The maximum atomic E-state index is 12.1. The SMILES string of the molecule is CCC1CN(c2cc(C(=O)N(C)C)ccc2N)CCS1. The summed E-state index contributed by atoms with van der Waals surface area (Å²) < 4.78 is 0. The van der Waals surface area contributed by atoms with Crippen LogP contribution >= 0.6 is 11.8 Å². The molecule has 1 aromatic rings. The van der Waals surface area contributed by atoms with Crippen LogP contribution in [0.25, 0.3) is 0 Å². The zero-order chi connectivity index (χ0) is 14.7. The van der Waals surface area contributed by atoms with E-state index in [2.05, 4.69) is 11.8 Å². The number of amides is 1. The molecule has 1 unspecified atom stereocenters. The summed E-state index contributed by atoms with van der Waals surface area (Å²) in [4.78, 5) is 16.0. The monoisotopic (exact) mass is 293 g/mol. The fourth-order valence-corrected chi connectivity index (χ4v) is 3.57. The fraction of sp³-hybridized carbons (Fsp3) is 0.533. The van der Waals surface area contributed by atoms with E-state index in [0.717, 1.165) is 36.6 Å². The Morgan fingerprint density at radius 3 is 2.90 bits per heavy atom. The van der Waals surface area contributed by atoms with Gasteiger partial charge in [0.05, 0.1) is 11.4 Å². The van der Waals surface area contributed by atoms with E-state index >= 15 is 0 Å². The summed E-state index contributed by atoms with van der Waals surface area (Å²) in [6.45, 7) is 4.21. The highest BCUT2D eigenvalue weighted by molar-refractivity contribution is 8.00. The van der Waals surface area contributed by atoms with E-state index in [-0.39, 0.29) is 5.91 Å². The van der Waals surface area contributed by atoms with Crippen LogP contribution in [0.5, 0.6) is 0 Å². The van der Waals surface area contributed by atoms with E-state index in [4.69, 9.17) is 5.73 Å². The third kappa shape index (κ3) is 3.20. The fourth-order valence-electron chi connectivity index (χ4n) is 2.39. The predicted octanol–water partition coefficient (Wildman–Crippen LogP) is 2.30. The summed E-state index contributed by atoms with van der Waals surface area (Å²) in [5.41, 5.74) is 8.56. The molecule has 0 aromatic heterocycles. The van der Waals surface area contributed by atoms with Crippen LogP contribution in [0.15, 0.2) is 18.2 Å². The van der Waals surface area contributed by atoms with Crippen molar-refractivity contribution < 1.29 is 4.79 Å². The maximum Gasteiger partial charge on any atom is 0.253 e. The Hall–Kier alpha value is -1.36. The van der Waals surface area contributed by atoms with Crippen molar-refractivity contribution >= 4 is 29.0 Å². The molecule has 1 atom stereocenters. The summed E-state index contributed by atoms with van der Waals surface area (Å²) in [5, 5.41) is 0.649. The van der Waals surface area contributed by atoms with Gasteiger partial charge in [0.25, 0.3) is 5.91 Å². The lowest BCUT2D eigenvalue weighted by Crippen LogP contribution is -2.38. The Bertz CT molecular complexity index is 490. The number of thioether (sulfide) groups is 1. The molecular weight excluding hydrogens is 270 g/mol. The smallest absolute Gasteiger partial charge is 0.253 e. The molecule has 1 fully saturated rings. The Balaban J connectivity index is 2.26. The average Bonchev–Trinajstić information content (AvgIpc) is 2.47. The maximum absolute atomic E-state index is 12.1. The van der Waals surface area contributed by atoms with Crippen molar-refractivity contribution in [3.8, 4) is 0 Å². The normalized spacial score (nSPS) is 18.9. The highest BCUT2D eigenvalue weighted by atomic mass is 32.2. The molecule has 0 saturated carbocycles. The van der Waals surface area contributed by atoms with Crippen LogP contribution in [0.2, 0.25) is 0 Å². The van der Waals surface area contributed by atoms with Crippen molar-refractivity contribution in [2.45, 2.75) is 18.6 Å². The standard InChI is InChI=1S/C15H23N3OS/c1-4-12-10-18(7-8-20-12)14-9-11(5-6-13(14)16)15(19)17(2)3/h5-6,9,12H,4,7-8,10,16H2,1-3H3. The van der Waals surface area contributed by atoms with Crippen molar-refractivity contribution in [3.05, 3.63) is 23.8 Å². The summed E-state index contributed by atoms with van der Waals surface area (Å²) in [6, 6.07) is 5.58. The first-order valence-corrected chi connectivity index (χ1v) is 8.05. The van der Waals surface area contributed by atoms with Gasteiger partial charge in [-0.05, 0) is 24.6 Å². The predicted molar refractivity (Wildman–Crippen MR) is 87.6 cm³/mol. The van der Waals surface area contributed by atoms with E-state index in [0.29, 0.717) is 10.8 Å². The number of benzene rings is 1. The number of rotatable bonds is 3. The van der Waals surface area contributed by atoms with Crippen LogP contribution in [0.1, 0.15) is 23.7 Å². The Morgan fingerprint density at radius 2 is 2.25 bits per heavy atom. The lowest BCUT2D eigenvalue weighted by molar-refractivity contribution is 0.0827. The van der Waals surface area contributed by atoms with Gasteiger partial charge in [-0.1, -0.05) is 6.92 Å². The summed E-state index contributed by atoms with van der Waals surface area (Å²) in [7, 11) is 3.53. The van der Waals surface area contributed by atoms with Gasteiger partial charge in [0.1, 0.15) is 0 Å². The number of nitrogens with zero attached hydrogens (tertiary/aromatic N) is 2. The van der Waals surface area contributed by atoms with Gasteiger partial charge in [0.2, 0.25) is 0 Å². The van der Waals surface area contributed by atoms with E-state index in [9.17, 15) is 4.79 Å². The van der Waals surface area contributed by atoms with Gasteiger partial charge in [-0.15, -0.1) is 0 Å². The van der Waals surface area contributed by atoms with Crippen LogP contribution in [-0.2, 0) is 0 Å². The van der Waals surface area contributed by atoms with Crippen molar-refractivity contribution in [1.82, 2.24) is 4.90 Å². The first-order chi connectivity index (χ1) is 9.52. The topological polar surface area (TPSA) is 49.6 Å². The lowest BCUT2D eigenvalue weighted by Gasteiger charge is -2.34. The molecular formula is C15H23N3OS. The number of carbonyl (C=O) groups excluding carboxylic acids is 1. The zero-order valence-electron chi connectivity index (χ0n) is 12.4. The molecule has 1 saturated heterocycles. The van der Waals surface area contributed by atoms with Gasteiger partial charge in [-0.2, -0.15) is 11.8 Å². The number of hydrogen-bond acceptors (Lipinski definition) is 4. The second kappa shape index (κ2) is 6.39. The van der Waals surface area contributed by atoms with Gasteiger partial charge in [-0.3, -0.25) is 4.79 Å². The molecule has 1 heterocycles. The molecule has 1 aliphatic rings. The van der Waals surface area contributed by atoms with Crippen LogP contribution in [0, 0.1) is 0 Å². The number of nitrogen functional groups attached to an aromatic ring is 1. The first-order valence-electron chi connectivity index (χ1n) is 7.00. The molecule has 20 heavy (non-hydrogen) atoms. The van der Waals surface area contributed by atoms with Crippen LogP contribution < -0.4 is 10.6 Å². The van der Waals surface area contributed by atoms with Crippen molar-refractivity contribution in [2.24, 2.45) is 0 Å². The molecule has 2 N–H and O–H groups in total. The summed E-state index contributed by atoms with van der Waals surface area (Å²) >= 11 is 2.03. The molecule has 110 valence electrons. The quantitative estimate of drug-likeness (QED) is 0.869. The molecule has 5 heteroatoms. The minimum Gasteiger partial charge on any atom is -0.397 e. The number of nitrogens with two attached hydrogens (primary N) is 1. The van der Waals surface area contributed by atoms with E-state index in [1.54, 1.807) is 25.1 Å². The average molecular weight is 293 g/mol. The Labute approximate surface area is 125 Å². The largest absolute Gasteiger partial charge is 0.397 e. The minimum absolute atomic E-state index is 0.0182. The number of carbonyl (C=O) groups is 1. The van der Waals surface area contributed by atoms with Gasteiger partial charge in [0, 0.05) is 43.8 Å². The Morgan fingerprint density at radius 1 is 1.50 bits per heavy atom. The summed E-state index contributed by atoms with van der Waals surface area (Å²) in [6.07, 6.45) is 1.16. The van der Waals surface area contributed by atoms with Crippen molar-refractivity contribution in [1.29, 1.82) is 0 Å². The third-order valence-electron chi connectivity index (χ3n) is 3.62. The molecule has 0 spiro atoms. The van der Waals surface area contributed by atoms with Gasteiger partial charge < -0.3 is 15.5 Å². The molecule has 1 aliphatic heterocycles. The minimum atomic E-state index is 0.0182. The van der Waals surface area contributed by atoms with E-state index in [1.165, 1.54) is 0 Å². The highest BCUT2D eigenvalue weighted by Gasteiger charge is 2.21. The highest BCUT2D eigenvalue weighted by Crippen LogP contribution is 2.30. The van der Waals surface area contributed by atoms with Crippen molar-refractivity contribution in [2.75, 3.05) is 43.6 Å². The van der Waals surface area contributed by atoms with E-state index in [1.807, 2.05) is 23.9 Å². The lowest BCUT2D eigenvalue weighted by atomic mass is 10.1. The second-order valence-corrected chi connectivity index (χ2v) is 6.73. The molecule has 0 radical (unpaired) electrons. The van der Waals surface area contributed by atoms with Gasteiger partial charge in [0.15, 0.2) is 0 Å². The van der Waals surface area contributed by atoms with Crippen LogP contribution in [0.4, 0.5) is 11.4 Å². The van der Waals surface area contributed by atoms with Crippen molar-refractivity contribution in [3.63, 3.8) is 0 Å². The number of hydrogen-bond donors (Lipinski definition) is 1. The first kappa shape index (κ1) is 15.0. The molecule has 1 aromatic carbocycles. The third-order valence-corrected chi connectivity index (χ3v) is 4.99. The van der Waals surface area contributed by atoms with Gasteiger partial charge >= 0.3 is 0 Å². The summed E-state index contributed by atoms with van der Waals surface area (Å²) in [5.74, 6) is 1.13. The Kier molecular flexibility index (Phi) is 4.81. The molecule has 2 rings (SSSR count). The van der Waals surface area contributed by atoms with Gasteiger partial charge in [-0.25, -0.2) is 0 Å². The second-order valence-electron chi connectivity index (χ2n) is 5.32. The van der Waals surface area contributed by atoms with E-state index < -0.39 is 0 Å². The molecule has 4 nitrogen and oxygen atoms in total. The zero-order valence-corrected chi connectivity index (χ0v) is 13.2. The molecule has 1 amide bonds. The molecule has 0 bridgehead atoms. The van der Waals surface area contributed by atoms with Crippen LogP contribution in [-0.4, -0.2) is 49.0 Å².